The molecule has 0 saturated heterocycles. The summed E-state index contributed by atoms with van der Waals surface area (Å²) in [6, 6.07) is 3.87. The van der Waals surface area contributed by atoms with E-state index in [9.17, 15) is 0 Å². The van der Waals surface area contributed by atoms with Gasteiger partial charge in [0.05, 0.1) is 0 Å². The van der Waals surface area contributed by atoms with E-state index >= 15 is 0 Å². The third-order valence-corrected chi connectivity index (χ3v) is 2.44. The second-order valence-corrected chi connectivity index (χ2v) is 3.72. The summed E-state index contributed by atoms with van der Waals surface area (Å²) in [7, 11) is 1.92. The number of hydrogen-bond donors (Lipinski definition) is 1. The van der Waals surface area contributed by atoms with Crippen molar-refractivity contribution in [1.82, 2.24) is 15.0 Å². The Hall–Kier alpha value is -2.01. The lowest BCUT2D eigenvalue weighted by atomic mass is 10.2. The van der Waals surface area contributed by atoms with E-state index in [0.29, 0.717) is 12.5 Å². The summed E-state index contributed by atoms with van der Waals surface area (Å²) in [5.74, 6) is 0.683. The highest BCUT2D eigenvalue weighted by atomic mass is 15.2. The first-order chi connectivity index (χ1) is 8.31. The number of nitrogens with zero attached hydrogens (tertiary/aromatic N) is 4. The number of hydrogen-bond acceptors (Lipinski definition) is 5. The van der Waals surface area contributed by atoms with Gasteiger partial charge in [0, 0.05) is 56.1 Å². The smallest absolute Gasteiger partial charge is 0.225 e. The van der Waals surface area contributed by atoms with Gasteiger partial charge in [0.25, 0.3) is 0 Å². The van der Waals surface area contributed by atoms with Crippen molar-refractivity contribution >= 4 is 5.95 Å². The number of aromatic nitrogens is 3. The average molecular weight is 229 g/mol. The number of likely N-dealkylation sites (N-methyl/N-ethyl adjacent to an activating group) is 1. The van der Waals surface area contributed by atoms with Crippen LogP contribution < -0.4 is 10.6 Å². The van der Waals surface area contributed by atoms with E-state index in [4.69, 9.17) is 5.73 Å². The summed E-state index contributed by atoms with van der Waals surface area (Å²) in [5.41, 5.74) is 7.46. The first-order valence-corrected chi connectivity index (χ1v) is 5.45. The normalized spacial score (nSPS) is 10.2. The lowest BCUT2D eigenvalue weighted by Gasteiger charge is -2.15. The molecule has 0 unspecified atom stereocenters. The summed E-state index contributed by atoms with van der Waals surface area (Å²) in [5, 5.41) is 0. The monoisotopic (exact) mass is 229 g/mol. The molecular formula is C12H15N5. The highest BCUT2D eigenvalue weighted by molar-refractivity contribution is 5.60. The fourth-order valence-electron chi connectivity index (χ4n) is 1.49. The quantitative estimate of drug-likeness (QED) is 0.844. The molecule has 0 aliphatic carbocycles. The third kappa shape index (κ3) is 2.76. The van der Waals surface area contributed by atoms with Gasteiger partial charge < -0.3 is 10.6 Å². The van der Waals surface area contributed by atoms with Gasteiger partial charge >= 0.3 is 0 Å². The van der Waals surface area contributed by atoms with Gasteiger partial charge in [0.15, 0.2) is 0 Å². The zero-order chi connectivity index (χ0) is 12.1. The maximum atomic E-state index is 5.48. The van der Waals surface area contributed by atoms with Crippen molar-refractivity contribution < 1.29 is 0 Å². The maximum absolute atomic E-state index is 5.48. The minimum absolute atomic E-state index is 0.588. The number of anilines is 1. The first kappa shape index (κ1) is 11.5. The van der Waals surface area contributed by atoms with Crippen LogP contribution in [0.15, 0.2) is 36.9 Å². The molecule has 2 aromatic heterocycles. The Morgan fingerprint density at radius 3 is 2.53 bits per heavy atom. The Balaban J connectivity index is 2.19. The van der Waals surface area contributed by atoms with E-state index in [1.165, 1.54) is 0 Å². The molecule has 0 amide bonds. The lowest BCUT2D eigenvalue weighted by Crippen LogP contribution is -2.26. The molecule has 88 valence electrons. The van der Waals surface area contributed by atoms with Crippen LogP contribution in [0.4, 0.5) is 5.95 Å². The second-order valence-electron chi connectivity index (χ2n) is 3.72. The summed E-state index contributed by atoms with van der Waals surface area (Å²) >= 11 is 0. The van der Waals surface area contributed by atoms with Crippen molar-refractivity contribution in [2.75, 3.05) is 25.0 Å². The molecule has 0 aromatic carbocycles. The first-order valence-electron chi connectivity index (χ1n) is 5.45. The molecule has 2 N–H and O–H groups in total. The van der Waals surface area contributed by atoms with Gasteiger partial charge in [-0.1, -0.05) is 6.07 Å². The van der Waals surface area contributed by atoms with E-state index in [-0.39, 0.29) is 0 Å². The molecule has 0 aliphatic rings. The van der Waals surface area contributed by atoms with Crippen LogP contribution >= 0.6 is 0 Å². The van der Waals surface area contributed by atoms with Crippen molar-refractivity contribution in [2.24, 2.45) is 5.73 Å². The van der Waals surface area contributed by atoms with Crippen molar-refractivity contribution in [1.29, 1.82) is 0 Å². The largest absolute Gasteiger partial charge is 0.343 e. The highest BCUT2D eigenvalue weighted by Crippen LogP contribution is 2.16. The minimum atomic E-state index is 0.588. The standard InChI is InChI=1S/C12H15N5/c1-17(6-4-13)12-15-8-11(9-16-12)10-3-2-5-14-7-10/h2-3,5,7-9H,4,6,13H2,1H3. The van der Waals surface area contributed by atoms with Crippen molar-refractivity contribution in [3.8, 4) is 11.1 Å². The van der Waals surface area contributed by atoms with Gasteiger partial charge in [-0.25, -0.2) is 9.97 Å². The Labute approximate surface area is 100 Å². The summed E-state index contributed by atoms with van der Waals surface area (Å²) < 4.78 is 0. The molecule has 5 nitrogen and oxygen atoms in total. The molecule has 17 heavy (non-hydrogen) atoms. The SMILES string of the molecule is CN(CCN)c1ncc(-c2cccnc2)cn1. The Bertz CT molecular complexity index is 454. The van der Waals surface area contributed by atoms with E-state index in [2.05, 4.69) is 15.0 Å². The Morgan fingerprint density at radius 1 is 1.18 bits per heavy atom. The molecule has 2 rings (SSSR count). The fourth-order valence-corrected chi connectivity index (χ4v) is 1.49. The Morgan fingerprint density at radius 2 is 1.94 bits per heavy atom. The van der Waals surface area contributed by atoms with Crippen LogP contribution in [0.1, 0.15) is 0 Å². The van der Waals surface area contributed by atoms with Crippen LogP contribution in [0.25, 0.3) is 11.1 Å². The molecule has 2 heterocycles. The average Bonchev–Trinajstić information content (AvgIpc) is 2.40. The van der Waals surface area contributed by atoms with Crippen LogP contribution in [0.5, 0.6) is 0 Å². The highest BCUT2D eigenvalue weighted by Gasteiger charge is 2.04. The molecule has 0 radical (unpaired) electrons. The minimum Gasteiger partial charge on any atom is -0.343 e. The topological polar surface area (TPSA) is 67.9 Å². The summed E-state index contributed by atoms with van der Waals surface area (Å²) in [6.45, 7) is 1.33. The van der Waals surface area contributed by atoms with E-state index in [1.807, 2.05) is 24.1 Å². The molecule has 0 spiro atoms. The van der Waals surface area contributed by atoms with Crippen LogP contribution in [-0.2, 0) is 0 Å². The summed E-state index contributed by atoms with van der Waals surface area (Å²) in [4.78, 5) is 14.6. The molecule has 5 heteroatoms. The van der Waals surface area contributed by atoms with Gasteiger partial charge in [0.2, 0.25) is 5.95 Å². The molecule has 2 aromatic rings. The molecule has 0 saturated carbocycles. The van der Waals surface area contributed by atoms with Crippen molar-refractivity contribution in [3.05, 3.63) is 36.9 Å². The van der Waals surface area contributed by atoms with Crippen molar-refractivity contribution in [3.63, 3.8) is 0 Å². The van der Waals surface area contributed by atoms with E-state index < -0.39 is 0 Å². The molecular weight excluding hydrogens is 214 g/mol. The zero-order valence-electron chi connectivity index (χ0n) is 9.74. The maximum Gasteiger partial charge on any atom is 0.225 e. The van der Waals surface area contributed by atoms with Crippen LogP contribution in [0.3, 0.4) is 0 Å². The number of nitrogens with two attached hydrogens (primary N) is 1. The van der Waals surface area contributed by atoms with Gasteiger partial charge in [-0.2, -0.15) is 0 Å². The predicted octanol–water partition coefficient (Wildman–Crippen LogP) is 0.933. The van der Waals surface area contributed by atoms with Crippen LogP contribution in [-0.4, -0.2) is 35.1 Å². The van der Waals surface area contributed by atoms with Crippen LogP contribution in [0.2, 0.25) is 0 Å². The van der Waals surface area contributed by atoms with Gasteiger partial charge in [-0.3, -0.25) is 4.98 Å². The number of rotatable bonds is 4. The molecule has 0 atom stereocenters. The van der Waals surface area contributed by atoms with Crippen molar-refractivity contribution in [2.45, 2.75) is 0 Å². The third-order valence-electron chi connectivity index (χ3n) is 2.44. The van der Waals surface area contributed by atoms with Gasteiger partial charge in [-0.15, -0.1) is 0 Å². The molecule has 0 bridgehead atoms. The van der Waals surface area contributed by atoms with Gasteiger partial charge in [0.1, 0.15) is 0 Å². The van der Waals surface area contributed by atoms with Gasteiger partial charge in [-0.05, 0) is 6.07 Å². The van der Waals surface area contributed by atoms with E-state index in [0.717, 1.165) is 17.7 Å². The zero-order valence-corrected chi connectivity index (χ0v) is 9.74. The predicted molar refractivity (Wildman–Crippen MR) is 67.6 cm³/mol. The summed E-state index contributed by atoms with van der Waals surface area (Å²) in [6.07, 6.45) is 7.13. The fraction of sp³-hybridized carbons (Fsp3) is 0.250. The second kappa shape index (κ2) is 5.36. The lowest BCUT2D eigenvalue weighted by molar-refractivity contribution is 0.846. The molecule has 0 aliphatic heterocycles. The van der Waals surface area contributed by atoms with Crippen LogP contribution in [0, 0.1) is 0 Å². The number of pyridine rings is 1. The molecule has 0 fully saturated rings. The Kier molecular flexibility index (Phi) is 3.62. The van der Waals surface area contributed by atoms with E-state index in [1.54, 1.807) is 24.8 Å².